The third kappa shape index (κ3) is 16.4. The minimum absolute atomic E-state index is 0.802. The van der Waals surface area contributed by atoms with Crippen LogP contribution in [0.5, 0.6) is 0 Å². The van der Waals surface area contributed by atoms with E-state index in [1.807, 2.05) is 0 Å². The van der Waals surface area contributed by atoms with Gasteiger partial charge in [0.15, 0.2) is 0 Å². The fourth-order valence-electron chi connectivity index (χ4n) is 3.99. The molecule has 0 heterocycles. The maximum atomic E-state index is 6.74. The van der Waals surface area contributed by atoms with Crippen LogP contribution in [-0.4, -0.2) is 17.5 Å². The van der Waals surface area contributed by atoms with Gasteiger partial charge in [-0.15, -0.1) is 0 Å². The molecule has 0 aliphatic rings. The van der Waals surface area contributed by atoms with Crippen molar-refractivity contribution in [2.45, 2.75) is 130 Å². The molecule has 1 nitrogen and oxygen atoms in total. The maximum absolute atomic E-state index is 6.74. The van der Waals surface area contributed by atoms with Crippen LogP contribution in [0.2, 0.25) is 0 Å². The molecule has 0 N–H and O–H groups in total. The lowest BCUT2D eigenvalue weighted by Gasteiger charge is -2.26. The van der Waals surface area contributed by atoms with E-state index < -0.39 is 0 Å². The fraction of sp³-hybridized carbons (Fsp3) is 1.00. The minimum Gasteiger partial charge on any atom is -0.220 e. The van der Waals surface area contributed by atoms with Crippen LogP contribution in [-0.2, 0) is 0 Å². The first-order valence-electron chi connectivity index (χ1n) is 12.1. The lowest BCUT2D eigenvalue weighted by molar-refractivity contribution is 0.265. The molecule has 0 rings (SSSR count). The molecule has 0 saturated carbocycles. The Hall–Kier alpha value is 0.250. The second-order valence-corrected chi connectivity index (χ2v) is 9.02. The quantitative estimate of drug-likeness (QED) is 0.149. The van der Waals surface area contributed by atoms with Gasteiger partial charge >= 0.3 is 0 Å². The zero-order valence-corrected chi connectivity index (χ0v) is 19.5. The van der Waals surface area contributed by atoms with Gasteiger partial charge in [0.1, 0.15) is 0 Å². The molecular formula is C24H50ClN. The minimum atomic E-state index is 0.802. The Kier molecular flexibility index (Phi) is 20.2. The monoisotopic (exact) mass is 387 g/mol. The van der Waals surface area contributed by atoms with Crippen LogP contribution in [0.15, 0.2) is 0 Å². The summed E-state index contributed by atoms with van der Waals surface area (Å²) in [6.45, 7) is 11.4. The molecule has 0 aliphatic heterocycles. The molecule has 2 heteroatoms. The van der Waals surface area contributed by atoms with Gasteiger partial charge < -0.3 is 0 Å². The Morgan fingerprint density at radius 3 is 1.19 bits per heavy atom. The molecule has 0 aromatic heterocycles. The normalized spacial score (nSPS) is 14.1. The van der Waals surface area contributed by atoms with Gasteiger partial charge in [-0.1, -0.05) is 105 Å². The van der Waals surface area contributed by atoms with Crippen LogP contribution < -0.4 is 0 Å². The van der Waals surface area contributed by atoms with Crippen molar-refractivity contribution in [1.82, 2.24) is 4.42 Å². The smallest absolute Gasteiger partial charge is 0.0167 e. The summed E-state index contributed by atoms with van der Waals surface area (Å²) in [5, 5.41) is 0. The lowest BCUT2D eigenvalue weighted by atomic mass is 9.93. The molecule has 0 amide bonds. The molecule has 158 valence electrons. The summed E-state index contributed by atoms with van der Waals surface area (Å²) >= 11 is 6.74. The summed E-state index contributed by atoms with van der Waals surface area (Å²) < 4.78 is 2.17. The van der Waals surface area contributed by atoms with Crippen LogP contribution in [0.1, 0.15) is 130 Å². The molecule has 2 unspecified atom stereocenters. The highest BCUT2D eigenvalue weighted by Gasteiger charge is 2.17. The van der Waals surface area contributed by atoms with E-state index in [4.69, 9.17) is 11.8 Å². The SMILES string of the molecule is CCCCCCC(CCCC)CN(Cl)CC(CCCC)CCCCCC. The third-order valence-electron chi connectivity index (χ3n) is 5.78. The maximum Gasteiger partial charge on any atom is 0.0167 e. The van der Waals surface area contributed by atoms with Gasteiger partial charge in [-0.3, -0.25) is 0 Å². The Bertz CT molecular complexity index is 243. The van der Waals surface area contributed by atoms with Crippen LogP contribution in [0.3, 0.4) is 0 Å². The predicted molar refractivity (Wildman–Crippen MR) is 121 cm³/mol. The Balaban J connectivity index is 4.31. The molecule has 0 radical (unpaired) electrons. The van der Waals surface area contributed by atoms with Crippen molar-refractivity contribution in [3.8, 4) is 0 Å². The highest BCUT2D eigenvalue weighted by atomic mass is 35.5. The molecular weight excluding hydrogens is 338 g/mol. The molecule has 0 aliphatic carbocycles. The van der Waals surface area contributed by atoms with E-state index >= 15 is 0 Å². The number of hydrogen-bond donors (Lipinski definition) is 0. The summed E-state index contributed by atoms with van der Waals surface area (Å²) in [6, 6.07) is 0. The van der Waals surface area contributed by atoms with Crippen molar-refractivity contribution >= 4 is 11.8 Å². The molecule has 0 bridgehead atoms. The zero-order valence-electron chi connectivity index (χ0n) is 18.7. The number of halogens is 1. The summed E-state index contributed by atoms with van der Waals surface area (Å²) in [4.78, 5) is 0. The molecule has 2 atom stereocenters. The second-order valence-electron chi connectivity index (χ2n) is 8.54. The Labute approximate surface area is 171 Å². The largest absolute Gasteiger partial charge is 0.220 e. The van der Waals surface area contributed by atoms with Gasteiger partial charge in [0, 0.05) is 13.1 Å². The van der Waals surface area contributed by atoms with Gasteiger partial charge in [0.2, 0.25) is 0 Å². The van der Waals surface area contributed by atoms with Gasteiger partial charge in [-0.2, -0.15) is 0 Å². The molecule has 0 saturated heterocycles. The van der Waals surface area contributed by atoms with E-state index in [0.717, 1.165) is 24.9 Å². The fourth-order valence-corrected chi connectivity index (χ4v) is 4.38. The first kappa shape index (κ1) is 26.2. The number of nitrogens with zero attached hydrogens (tertiary/aromatic N) is 1. The van der Waals surface area contributed by atoms with Crippen LogP contribution in [0, 0.1) is 11.8 Å². The predicted octanol–water partition coefficient (Wildman–Crippen LogP) is 9.00. The average molecular weight is 388 g/mol. The Morgan fingerprint density at radius 2 is 0.846 bits per heavy atom. The van der Waals surface area contributed by atoms with Crippen LogP contribution in [0.4, 0.5) is 0 Å². The number of rotatable bonds is 20. The van der Waals surface area contributed by atoms with Gasteiger partial charge in [0.25, 0.3) is 0 Å². The van der Waals surface area contributed by atoms with E-state index in [1.165, 1.54) is 103 Å². The summed E-state index contributed by atoms with van der Waals surface area (Å²) in [6.07, 6.45) is 21.8. The summed E-state index contributed by atoms with van der Waals surface area (Å²) in [5.41, 5.74) is 0. The highest BCUT2D eigenvalue weighted by molar-refractivity contribution is 6.13. The molecule has 0 fully saturated rings. The van der Waals surface area contributed by atoms with E-state index in [1.54, 1.807) is 0 Å². The molecule has 0 aromatic carbocycles. The van der Waals surface area contributed by atoms with E-state index in [0.29, 0.717) is 0 Å². The standard InChI is InChI=1S/C24H50ClN/c1-5-9-13-15-19-23(17-11-7-3)21-26(25)22-24(18-12-8-4)20-16-14-10-6-2/h23-24H,5-22H2,1-4H3. The van der Waals surface area contributed by atoms with E-state index in [-0.39, 0.29) is 0 Å². The van der Waals surface area contributed by atoms with Crippen molar-refractivity contribution in [3.05, 3.63) is 0 Å². The van der Waals surface area contributed by atoms with Crippen LogP contribution in [0.25, 0.3) is 0 Å². The van der Waals surface area contributed by atoms with Crippen LogP contribution >= 0.6 is 11.8 Å². The Morgan fingerprint density at radius 1 is 0.500 bits per heavy atom. The van der Waals surface area contributed by atoms with E-state index in [2.05, 4.69) is 32.1 Å². The van der Waals surface area contributed by atoms with Crippen molar-refractivity contribution in [1.29, 1.82) is 0 Å². The molecule has 0 aromatic rings. The molecule has 0 spiro atoms. The van der Waals surface area contributed by atoms with Gasteiger partial charge in [0.05, 0.1) is 0 Å². The second kappa shape index (κ2) is 20.0. The third-order valence-corrected chi connectivity index (χ3v) is 6.05. The first-order chi connectivity index (χ1) is 12.7. The number of unbranched alkanes of at least 4 members (excludes halogenated alkanes) is 8. The summed E-state index contributed by atoms with van der Waals surface area (Å²) in [5.74, 6) is 1.60. The van der Waals surface area contributed by atoms with Gasteiger partial charge in [-0.25, -0.2) is 4.42 Å². The first-order valence-corrected chi connectivity index (χ1v) is 12.4. The van der Waals surface area contributed by atoms with Crippen molar-refractivity contribution in [2.24, 2.45) is 11.8 Å². The summed E-state index contributed by atoms with van der Waals surface area (Å²) in [7, 11) is 0. The number of hydrogen-bond acceptors (Lipinski definition) is 1. The average Bonchev–Trinajstić information content (AvgIpc) is 2.64. The van der Waals surface area contributed by atoms with Crippen molar-refractivity contribution < 1.29 is 0 Å². The topological polar surface area (TPSA) is 3.24 Å². The van der Waals surface area contributed by atoms with Crippen molar-refractivity contribution in [3.63, 3.8) is 0 Å². The zero-order chi connectivity index (χ0) is 19.5. The highest BCUT2D eigenvalue weighted by Crippen LogP contribution is 2.23. The van der Waals surface area contributed by atoms with Crippen molar-refractivity contribution in [2.75, 3.05) is 13.1 Å². The van der Waals surface area contributed by atoms with E-state index in [9.17, 15) is 0 Å². The lowest BCUT2D eigenvalue weighted by Crippen LogP contribution is -2.27. The van der Waals surface area contributed by atoms with Gasteiger partial charge in [-0.05, 0) is 49.3 Å². The molecule has 26 heavy (non-hydrogen) atoms.